The lowest BCUT2D eigenvalue weighted by atomic mass is 9.98. The van der Waals surface area contributed by atoms with Crippen LogP contribution in [0.25, 0.3) is 11.1 Å². The number of primary amides is 1. The fourth-order valence-electron chi connectivity index (χ4n) is 4.56. The zero-order chi connectivity index (χ0) is 25.9. The van der Waals surface area contributed by atoms with Gasteiger partial charge < -0.3 is 21.5 Å². The van der Waals surface area contributed by atoms with Crippen molar-refractivity contribution >= 4 is 35.0 Å². The molecule has 0 radical (unpaired) electrons. The van der Waals surface area contributed by atoms with Crippen LogP contribution in [0.5, 0.6) is 0 Å². The third-order valence-corrected chi connectivity index (χ3v) is 6.29. The second kappa shape index (κ2) is 9.87. The summed E-state index contributed by atoms with van der Waals surface area (Å²) in [6.07, 6.45) is -0.616. The standard InChI is InChI=1S/C29H24N4O4/c30-26-15-19(12-13-24(26)27(31)34)32-28(35)17-6-5-7-18(14-17)33-29(36)37-16-25-22-10-3-1-8-20(22)21-9-2-4-11-23(21)25/h1-15,25H,16,30H2,(H2,31,34)(H,32,35)(H,33,36). The summed E-state index contributed by atoms with van der Waals surface area (Å²) in [5.41, 5.74) is 17.1. The number of anilines is 3. The maximum absolute atomic E-state index is 12.7. The van der Waals surface area contributed by atoms with Crippen molar-refractivity contribution in [2.45, 2.75) is 5.92 Å². The van der Waals surface area contributed by atoms with Gasteiger partial charge in [-0.05, 0) is 58.7 Å². The number of hydrogen-bond acceptors (Lipinski definition) is 5. The monoisotopic (exact) mass is 492 g/mol. The Morgan fingerprint density at radius 3 is 2.05 bits per heavy atom. The number of nitrogens with one attached hydrogen (secondary N) is 2. The molecule has 184 valence electrons. The van der Waals surface area contributed by atoms with Gasteiger partial charge in [-0.2, -0.15) is 0 Å². The number of benzene rings is 4. The number of carbonyl (C=O) groups is 3. The van der Waals surface area contributed by atoms with E-state index in [2.05, 4.69) is 34.9 Å². The first-order valence-corrected chi connectivity index (χ1v) is 11.6. The topological polar surface area (TPSA) is 137 Å². The quantitative estimate of drug-likeness (QED) is 0.281. The van der Waals surface area contributed by atoms with Gasteiger partial charge in [-0.25, -0.2) is 4.79 Å². The first-order chi connectivity index (χ1) is 17.9. The summed E-state index contributed by atoms with van der Waals surface area (Å²) >= 11 is 0. The SMILES string of the molecule is NC(=O)c1ccc(NC(=O)c2cccc(NC(=O)OCC3c4ccccc4-c4ccccc43)c2)cc1N. The Kier molecular flexibility index (Phi) is 6.30. The molecule has 37 heavy (non-hydrogen) atoms. The number of nitrogens with two attached hydrogens (primary N) is 2. The summed E-state index contributed by atoms with van der Waals surface area (Å²) < 4.78 is 5.58. The molecule has 1 aliphatic rings. The molecule has 6 N–H and O–H groups in total. The van der Waals surface area contributed by atoms with Crippen molar-refractivity contribution in [3.05, 3.63) is 113 Å². The summed E-state index contributed by atoms with van der Waals surface area (Å²) in [4.78, 5) is 36.7. The molecule has 3 amide bonds. The first kappa shape index (κ1) is 23.6. The third kappa shape index (κ3) is 4.85. The van der Waals surface area contributed by atoms with Gasteiger partial charge in [-0.15, -0.1) is 0 Å². The molecule has 0 aromatic heterocycles. The van der Waals surface area contributed by atoms with Crippen LogP contribution in [0.2, 0.25) is 0 Å². The fourth-order valence-corrected chi connectivity index (χ4v) is 4.56. The number of amides is 3. The molecule has 0 saturated heterocycles. The molecule has 0 heterocycles. The largest absolute Gasteiger partial charge is 0.448 e. The average molecular weight is 493 g/mol. The minimum atomic E-state index is -0.651. The van der Waals surface area contributed by atoms with Crippen LogP contribution in [-0.2, 0) is 4.74 Å². The molecule has 0 saturated carbocycles. The lowest BCUT2D eigenvalue weighted by molar-refractivity contribution is 0.0999. The van der Waals surface area contributed by atoms with E-state index < -0.39 is 17.9 Å². The van der Waals surface area contributed by atoms with E-state index in [1.165, 1.54) is 24.3 Å². The summed E-state index contributed by atoms with van der Waals surface area (Å²) in [7, 11) is 0. The first-order valence-electron chi connectivity index (χ1n) is 11.6. The van der Waals surface area contributed by atoms with Crippen LogP contribution in [0.1, 0.15) is 37.8 Å². The minimum Gasteiger partial charge on any atom is -0.448 e. The Balaban J connectivity index is 1.23. The molecular formula is C29H24N4O4. The third-order valence-electron chi connectivity index (χ3n) is 6.29. The van der Waals surface area contributed by atoms with E-state index in [1.807, 2.05) is 24.3 Å². The van der Waals surface area contributed by atoms with E-state index in [0.29, 0.717) is 16.9 Å². The van der Waals surface area contributed by atoms with Crippen molar-refractivity contribution in [2.24, 2.45) is 5.73 Å². The van der Waals surface area contributed by atoms with E-state index in [9.17, 15) is 14.4 Å². The average Bonchev–Trinajstić information content (AvgIpc) is 3.21. The van der Waals surface area contributed by atoms with Crippen LogP contribution in [0.4, 0.5) is 21.9 Å². The van der Waals surface area contributed by atoms with Crippen molar-refractivity contribution in [1.82, 2.24) is 0 Å². The van der Waals surface area contributed by atoms with E-state index in [4.69, 9.17) is 16.2 Å². The number of fused-ring (bicyclic) bond motifs is 3. The van der Waals surface area contributed by atoms with Gasteiger partial charge in [0.1, 0.15) is 6.61 Å². The molecule has 8 nitrogen and oxygen atoms in total. The fraction of sp³-hybridized carbons (Fsp3) is 0.0690. The smallest absolute Gasteiger partial charge is 0.411 e. The highest BCUT2D eigenvalue weighted by Crippen LogP contribution is 2.44. The molecule has 1 aliphatic carbocycles. The van der Waals surface area contributed by atoms with E-state index in [0.717, 1.165) is 22.3 Å². The second-order valence-electron chi connectivity index (χ2n) is 8.65. The number of hydrogen-bond donors (Lipinski definition) is 4. The van der Waals surface area contributed by atoms with E-state index in [1.54, 1.807) is 18.2 Å². The van der Waals surface area contributed by atoms with Crippen LogP contribution in [-0.4, -0.2) is 24.5 Å². The predicted molar refractivity (Wildman–Crippen MR) is 142 cm³/mol. The van der Waals surface area contributed by atoms with Crippen LogP contribution in [0.3, 0.4) is 0 Å². The Bertz CT molecular complexity index is 1490. The van der Waals surface area contributed by atoms with Gasteiger partial charge in [0.25, 0.3) is 11.8 Å². The summed E-state index contributed by atoms with van der Waals surface area (Å²) in [5.74, 6) is -1.12. The van der Waals surface area contributed by atoms with Crippen molar-refractivity contribution in [1.29, 1.82) is 0 Å². The zero-order valence-electron chi connectivity index (χ0n) is 19.7. The molecule has 0 atom stereocenters. The highest BCUT2D eigenvalue weighted by molar-refractivity contribution is 6.06. The minimum absolute atomic E-state index is 0.0522. The van der Waals surface area contributed by atoms with E-state index >= 15 is 0 Å². The van der Waals surface area contributed by atoms with Gasteiger partial charge in [0.2, 0.25) is 0 Å². The molecule has 0 bridgehead atoms. The van der Waals surface area contributed by atoms with Crippen molar-refractivity contribution in [2.75, 3.05) is 23.0 Å². The molecule has 4 aromatic rings. The number of ether oxygens (including phenoxy) is 1. The lowest BCUT2D eigenvalue weighted by Gasteiger charge is -2.15. The van der Waals surface area contributed by atoms with Crippen molar-refractivity contribution < 1.29 is 19.1 Å². The van der Waals surface area contributed by atoms with Crippen LogP contribution < -0.4 is 22.1 Å². The Morgan fingerprint density at radius 1 is 0.757 bits per heavy atom. The molecule has 0 unspecified atom stereocenters. The lowest BCUT2D eigenvalue weighted by Crippen LogP contribution is -2.18. The number of nitrogen functional groups attached to an aromatic ring is 1. The Morgan fingerprint density at radius 2 is 1.41 bits per heavy atom. The second-order valence-corrected chi connectivity index (χ2v) is 8.65. The van der Waals surface area contributed by atoms with Gasteiger partial charge in [-0.3, -0.25) is 14.9 Å². The molecule has 0 fully saturated rings. The summed E-state index contributed by atoms with van der Waals surface area (Å²) in [5, 5.41) is 5.40. The molecule has 0 aliphatic heterocycles. The van der Waals surface area contributed by atoms with Gasteiger partial charge in [-0.1, -0.05) is 54.6 Å². The Hall–Kier alpha value is -5.11. The van der Waals surface area contributed by atoms with Gasteiger partial charge >= 0.3 is 6.09 Å². The maximum atomic E-state index is 12.7. The molecule has 4 aromatic carbocycles. The molecule has 5 rings (SSSR count). The molecular weight excluding hydrogens is 468 g/mol. The van der Waals surface area contributed by atoms with Crippen molar-refractivity contribution in [3.8, 4) is 11.1 Å². The van der Waals surface area contributed by atoms with Gasteiger partial charge in [0.05, 0.1) is 5.56 Å². The van der Waals surface area contributed by atoms with Crippen LogP contribution in [0.15, 0.2) is 91.0 Å². The van der Waals surface area contributed by atoms with Crippen LogP contribution >= 0.6 is 0 Å². The van der Waals surface area contributed by atoms with Crippen LogP contribution in [0, 0.1) is 0 Å². The summed E-state index contributed by atoms with van der Waals surface area (Å²) in [6, 6.07) is 27.1. The maximum Gasteiger partial charge on any atom is 0.411 e. The summed E-state index contributed by atoms with van der Waals surface area (Å²) in [6.45, 7) is 0.183. The Labute approximate surface area is 213 Å². The number of carbonyl (C=O) groups excluding carboxylic acids is 3. The highest BCUT2D eigenvalue weighted by Gasteiger charge is 2.29. The van der Waals surface area contributed by atoms with E-state index in [-0.39, 0.29) is 23.8 Å². The predicted octanol–water partition coefficient (Wildman–Crippen LogP) is 4.98. The van der Waals surface area contributed by atoms with Gasteiger partial charge in [0.15, 0.2) is 0 Å². The zero-order valence-corrected chi connectivity index (χ0v) is 19.7. The highest BCUT2D eigenvalue weighted by atomic mass is 16.5. The number of rotatable bonds is 6. The van der Waals surface area contributed by atoms with Gasteiger partial charge in [0, 0.05) is 28.5 Å². The normalized spacial score (nSPS) is 11.8. The molecule has 8 heteroatoms. The molecule has 0 spiro atoms. The van der Waals surface area contributed by atoms with Crippen molar-refractivity contribution in [3.63, 3.8) is 0 Å².